The van der Waals surface area contributed by atoms with Gasteiger partial charge in [0.25, 0.3) is 5.91 Å². The van der Waals surface area contributed by atoms with Crippen LogP contribution in [0.25, 0.3) is 0 Å². The normalized spacial score (nSPS) is 18.9. The van der Waals surface area contributed by atoms with E-state index in [-0.39, 0.29) is 17.9 Å². The highest BCUT2D eigenvalue weighted by Gasteiger charge is 2.36. The van der Waals surface area contributed by atoms with Crippen LogP contribution in [0.3, 0.4) is 0 Å². The summed E-state index contributed by atoms with van der Waals surface area (Å²) in [6.45, 7) is 1.95. The Morgan fingerprint density at radius 2 is 1.87 bits per heavy atom. The van der Waals surface area contributed by atoms with Crippen LogP contribution < -0.4 is 15.8 Å². The number of hydrogen-bond acceptors (Lipinski definition) is 3. The maximum absolute atomic E-state index is 12.2. The minimum absolute atomic E-state index is 0.0473. The molecule has 1 aliphatic rings. The molecular weight excluding hydrogens is 292 g/mol. The molecule has 0 fully saturated rings. The molecule has 0 saturated carbocycles. The van der Waals surface area contributed by atoms with Gasteiger partial charge >= 0.3 is 0 Å². The fourth-order valence-electron chi connectivity index (χ4n) is 3.08. The lowest BCUT2D eigenvalue weighted by atomic mass is 9.87. The molecule has 0 spiro atoms. The Morgan fingerprint density at radius 1 is 1.17 bits per heavy atom. The highest BCUT2D eigenvalue weighted by molar-refractivity contribution is 6.02. The van der Waals surface area contributed by atoms with Crippen molar-refractivity contribution >= 4 is 11.8 Å². The Hall–Kier alpha value is -2.82. The van der Waals surface area contributed by atoms with Gasteiger partial charge < -0.3 is 15.8 Å². The lowest BCUT2D eigenvalue weighted by Gasteiger charge is -2.15. The van der Waals surface area contributed by atoms with E-state index in [4.69, 9.17) is 10.5 Å². The summed E-state index contributed by atoms with van der Waals surface area (Å²) in [4.78, 5) is 23.8. The third-order valence-corrected chi connectivity index (χ3v) is 4.14. The van der Waals surface area contributed by atoms with Gasteiger partial charge in [-0.2, -0.15) is 0 Å². The molecule has 2 unspecified atom stereocenters. The summed E-state index contributed by atoms with van der Waals surface area (Å²) in [5.41, 5.74) is 7.96. The maximum atomic E-state index is 12.2. The van der Waals surface area contributed by atoms with Crippen molar-refractivity contribution in [2.24, 2.45) is 5.73 Å². The first-order valence-corrected chi connectivity index (χ1v) is 7.44. The standard InChI is InChI=1S/C18H18N2O3/c1-10-15(11-6-4-3-5-7-11)13-8-12(17(19)21)9-14(16(13)23-10)18(22)20-2/h3-10,15H,1-2H3,(H2,19,21)(H,20,22). The van der Waals surface area contributed by atoms with E-state index in [1.54, 1.807) is 13.1 Å². The molecule has 2 aromatic carbocycles. The summed E-state index contributed by atoms with van der Waals surface area (Å²) in [6.07, 6.45) is -0.140. The molecule has 0 radical (unpaired) electrons. The topological polar surface area (TPSA) is 81.4 Å². The van der Waals surface area contributed by atoms with Gasteiger partial charge in [-0.05, 0) is 24.6 Å². The molecule has 2 atom stereocenters. The van der Waals surface area contributed by atoms with Crippen LogP contribution in [0.1, 0.15) is 44.7 Å². The quantitative estimate of drug-likeness (QED) is 0.910. The number of rotatable bonds is 3. The monoisotopic (exact) mass is 310 g/mol. The van der Waals surface area contributed by atoms with E-state index < -0.39 is 5.91 Å². The molecular formula is C18H18N2O3. The number of amides is 2. The van der Waals surface area contributed by atoms with Gasteiger partial charge in [0, 0.05) is 24.1 Å². The number of carbonyl (C=O) groups is 2. The summed E-state index contributed by atoms with van der Waals surface area (Å²) in [5, 5.41) is 2.58. The number of benzene rings is 2. The van der Waals surface area contributed by atoms with Crippen molar-refractivity contribution in [2.75, 3.05) is 7.05 Å². The van der Waals surface area contributed by atoms with Gasteiger partial charge in [-0.25, -0.2) is 0 Å². The second kappa shape index (κ2) is 5.76. The van der Waals surface area contributed by atoms with E-state index in [1.165, 1.54) is 6.07 Å². The first kappa shape index (κ1) is 15.1. The van der Waals surface area contributed by atoms with Crippen molar-refractivity contribution in [2.45, 2.75) is 18.9 Å². The van der Waals surface area contributed by atoms with E-state index in [1.807, 2.05) is 37.3 Å². The largest absolute Gasteiger partial charge is 0.489 e. The van der Waals surface area contributed by atoms with Crippen molar-refractivity contribution in [3.63, 3.8) is 0 Å². The number of nitrogens with two attached hydrogens (primary N) is 1. The molecule has 5 heteroatoms. The van der Waals surface area contributed by atoms with E-state index in [0.717, 1.165) is 11.1 Å². The molecule has 0 aliphatic carbocycles. The Balaban J connectivity index is 2.21. The zero-order valence-electron chi connectivity index (χ0n) is 13.0. The minimum Gasteiger partial charge on any atom is -0.489 e. The average molecular weight is 310 g/mol. The molecule has 3 N–H and O–H groups in total. The molecule has 3 rings (SSSR count). The number of nitrogens with one attached hydrogen (secondary N) is 1. The molecule has 2 aromatic rings. The van der Waals surface area contributed by atoms with E-state index in [0.29, 0.717) is 16.9 Å². The van der Waals surface area contributed by atoms with Crippen LogP contribution in [-0.4, -0.2) is 25.0 Å². The van der Waals surface area contributed by atoms with Crippen molar-refractivity contribution in [3.8, 4) is 5.75 Å². The van der Waals surface area contributed by atoms with Crippen LogP contribution in [0.15, 0.2) is 42.5 Å². The van der Waals surface area contributed by atoms with Crippen molar-refractivity contribution in [3.05, 3.63) is 64.7 Å². The van der Waals surface area contributed by atoms with Crippen LogP contribution in [0.5, 0.6) is 5.75 Å². The van der Waals surface area contributed by atoms with Crippen LogP contribution in [0, 0.1) is 0 Å². The van der Waals surface area contributed by atoms with Crippen molar-refractivity contribution in [1.82, 2.24) is 5.32 Å². The molecule has 1 heterocycles. The molecule has 0 aromatic heterocycles. The van der Waals surface area contributed by atoms with Gasteiger partial charge in [0.1, 0.15) is 11.9 Å². The summed E-state index contributed by atoms with van der Waals surface area (Å²) in [6, 6.07) is 13.1. The zero-order chi connectivity index (χ0) is 16.6. The molecule has 0 bridgehead atoms. The van der Waals surface area contributed by atoms with Crippen molar-refractivity contribution in [1.29, 1.82) is 0 Å². The maximum Gasteiger partial charge on any atom is 0.254 e. The number of ether oxygens (including phenoxy) is 1. The fraction of sp³-hybridized carbons (Fsp3) is 0.222. The SMILES string of the molecule is CNC(=O)c1cc(C(N)=O)cc2c1OC(C)C2c1ccccc1. The highest BCUT2D eigenvalue weighted by atomic mass is 16.5. The highest BCUT2D eigenvalue weighted by Crippen LogP contribution is 2.44. The number of hydrogen-bond donors (Lipinski definition) is 2. The first-order chi connectivity index (χ1) is 11.0. The van der Waals surface area contributed by atoms with E-state index >= 15 is 0 Å². The van der Waals surface area contributed by atoms with Gasteiger partial charge in [-0.1, -0.05) is 30.3 Å². The average Bonchev–Trinajstić information content (AvgIpc) is 2.89. The summed E-state index contributed by atoms with van der Waals surface area (Å²) < 4.78 is 5.95. The molecule has 0 saturated heterocycles. The Kier molecular flexibility index (Phi) is 3.78. The molecule has 23 heavy (non-hydrogen) atoms. The van der Waals surface area contributed by atoms with Gasteiger partial charge in [-0.15, -0.1) is 0 Å². The lowest BCUT2D eigenvalue weighted by molar-refractivity contribution is 0.0958. The Bertz CT molecular complexity index is 771. The molecule has 1 aliphatic heterocycles. The molecule has 5 nitrogen and oxygen atoms in total. The third kappa shape index (κ3) is 2.54. The second-order valence-corrected chi connectivity index (χ2v) is 5.60. The fourth-order valence-corrected chi connectivity index (χ4v) is 3.08. The molecule has 2 amide bonds. The number of carbonyl (C=O) groups excluding carboxylic acids is 2. The Labute approximate surface area is 134 Å². The van der Waals surface area contributed by atoms with Gasteiger partial charge in [-0.3, -0.25) is 9.59 Å². The van der Waals surface area contributed by atoms with Crippen LogP contribution in [0.4, 0.5) is 0 Å². The first-order valence-electron chi connectivity index (χ1n) is 7.44. The predicted molar refractivity (Wildman–Crippen MR) is 86.7 cm³/mol. The van der Waals surface area contributed by atoms with E-state index in [2.05, 4.69) is 5.32 Å². The van der Waals surface area contributed by atoms with Crippen LogP contribution >= 0.6 is 0 Å². The van der Waals surface area contributed by atoms with Gasteiger partial charge in [0.2, 0.25) is 5.91 Å². The van der Waals surface area contributed by atoms with E-state index in [9.17, 15) is 9.59 Å². The summed E-state index contributed by atoms with van der Waals surface area (Å²) >= 11 is 0. The van der Waals surface area contributed by atoms with Gasteiger partial charge in [0.05, 0.1) is 5.56 Å². The number of fused-ring (bicyclic) bond motifs is 1. The molecule has 118 valence electrons. The smallest absolute Gasteiger partial charge is 0.254 e. The zero-order valence-corrected chi connectivity index (χ0v) is 13.0. The Morgan fingerprint density at radius 3 is 2.48 bits per heavy atom. The predicted octanol–water partition coefficient (Wildman–Crippen LogP) is 2.06. The second-order valence-electron chi connectivity index (χ2n) is 5.60. The number of primary amides is 1. The lowest BCUT2D eigenvalue weighted by Crippen LogP contribution is -2.20. The van der Waals surface area contributed by atoms with Crippen molar-refractivity contribution < 1.29 is 14.3 Å². The summed E-state index contributed by atoms with van der Waals surface area (Å²) in [7, 11) is 1.54. The van der Waals surface area contributed by atoms with Crippen LogP contribution in [-0.2, 0) is 0 Å². The third-order valence-electron chi connectivity index (χ3n) is 4.14. The summed E-state index contributed by atoms with van der Waals surface area (Å²) in [5.74, 6) is -0.390. The minimum atomic E-state index is -0.565. The van der Waals surface area contributed by atoms with Crippen LogP contribution in [0.2, 0.25) is 0 Å². The van der Waals surface area contributed by atoms with Gasteiger partial charge in [0.15, 0.2) is 0 Å².